The third-order valence-corrected chi connectivity index (χ3v) is 4.08. The molecule has 0 saturated carbocycles. The first-order valence-corrected chi connectivity index (χ1v) is 7.50. The second-order valence-corrected chi connectivity index (χ2v) is 5.58. The van der Waals surface area contributed by atoms with Crippen LogP contribution in [0.25, 0.3) is 0 Å². The average Bonchev–Trinajstić information content (AvgIpc) is 2.47. The van der Waals surface area contributed by atoms with Gasteiger partial charge < -0.3 is 15.2 Å². The van der Waals surface area contributed by atoms with Gasteiger partial charge in [0.2, 0.25) is 0 Å². The normalized spacial score (nSPS) is 10.3. The monoisotopic (exact) mass is 309 g/mol. The first kappa shape index (κ1) is 14.9. The van der Waals surface area contributed by atoms with Crippen molar-refractivity contribution in [1.82, 2.24) is 0 Å². The van der Waals surface area contributed by atoms with Gasteiger partial charge in [0.25, 0.3) is 0 Å². The molecule has 0 aliphatic heterocycles. The summed E-state index contributed by atoms with van der Waals surface area (Å²) in [4.78, 5) is 0.968. The highest BCUT2D eigenvalue weighted by Gasteiger charge is 2.04. The summed E-state index contributed by atoms with van der Waals surface area (Å²) in [6.07, 6.45) is 0. The van der Waals surface area contributed by atoms with Crippen LogP contribution in [0.4, 0.5) is 5.69 Å². The molecular weight excluding hydrogens is 294 g/mol. The second kappa shape index (κ2) is 7.31. The molecule has 5 heteroatoms. The zero-order chi connectivity index (χ0) is 14.4. The SMILES string of the molecule is COc1ccccc1OCCSc1cc(N)ccc1Cl. The first-order valence-electron chi connectivity index (χ1n) is 6.14. The Morgan fingerprint density at radius 1 is 1.15 bits per heavy atom. The van der Waals surface area contributed by atoms with E-state index in [9.17, 15) is 0 Å². The minimum atomic E-state index is 0.566. The molecule has 0 aliphatic rings. The fourth-order valence-electron chi connectivity index (χ4n) is 1.67. The smallest absolute Gasteiger partial charge is 0.161 e. The van der Waals surface area contributed by atoms with E-state index in [-0.39, 0.29) is 0 Å². The van der Waals surface area contributed by atoms with Crippen LogP contribution in [-0.2, 0) is 0 Å². The second-order valence-electron chi connectivity index (χ2n) is 4.04. The Labute approximate surface area is 128 Å². The van der Waals surface area contributed by atoms with Crippen molar-refractivity contribution in [3.05, 3.63) is 47.5 Å². The molecule has 106 valence electrons. The van der Waals surface area contributed by atoms with Gasteiger partial charge in [-0.3, -0.25) is 0 Å². The Morgan fingerprint density at radius 2 is 1.90 bits per heavy atom. The number of ether oxygens (including phenoxy) is 2. The van der Waals surface area contributed by atoms with Gasteiger partial charge >= 0.3 is 0 Å². The van der Waals surface area contributed by atoms with Crippen LogP contribution < -0.4 is 15.2 Å². The van der Waals surface area contributed by atoms with E-state index >= 15 is 0 Å². The predicted molar refractivity (Wildman–Crippen MR) is 85.1 cm³/mol. The molecule has 2 N–H and O–H groups in total. The molecule has 0 bridgehead atoms. The van der Waals surface area contributed by atoms with Crippen LogP contribution in [-0.4, -0.2) is 19.5 Å². The minimum absolute atomic E-state index is 0.566. The maximum absolute atomic E-state index is 6.10. The van der Waals surface area contributed by atoms with E-state index in [2.05, 4.69) is 0 Å². The van der Waals surface area contributed by atoms with E-state index in [0.717, 1.165) is 22.1 Å². The zero-order valence-electron chi connectivity index (χ0n) is 11.1. The number of anilines is 1. The predicted octanol–water partition coefficient (Wildman–Crippen LogP) is 4.10. The third kappa shape index (κ3) is 3.99. The minimum Gasteiger partial charge on any atom is -0.493 e. The van der Waals surface area contributed by atoms with E-state index in [4.69, 9.17) is 26.8 Å². The number of halogens is 1. The molecule has 0 spiro atoms. The first-order chi connectivity index (χ1) is 9.70. The molecule has 20 heavy (non-hydrogen) atoms. The van der Waals surface area contributed by atoms with Crippen molar-refractivity contribution in [2.75, 3.05) is 25.2 Å². The fraction of sp³-hybridized carbons (Fsp3) is 0.200. The van der Waals surface area contributed by atoms with Gasteiger partial charge in [-0.05, 0) is 30.3 Å². The van der Waals surface area contributed by atoms with Gasteiger partial charge in [-0.15, -0.1) is 11.8 Å². The zero-order valence-corrected chi connectivity index (χ0v) is 12.7. The van der Waals surface area contributed by atoms with Crippen LogP contribution in [0.3, 0.4) is 0 Å². The van der Waals surface area contributed by atoms with Crippen LogP contribution in [0.5, 0.6) is 11.5 Å². The van der Waals surface area contributed by atoms with Crippen LogP contribution >= 0.6 is 23.4 Å². The highest BCUT2D eigenvalue weighted by molar-refractivity contribution is 7.99. The lowest BCUT2D eigenvalue weighted by Gasteiger charge is -2.10. The summed E-state index contributed by atoms with van der Waals surface area (Å²) in [5.74, 6) is 2.26. The lowest BCUT2D eigenvalue weighted by Crippen LogP contribution is -2.01. The molecule has 2 aromatic carbocycles. The molecule has 0 aliphatic carbocycles. The number of methoxy groups -OCH3 is 1. The van der Waals surface area contributed by atoms with E-state index < -0.39 is 0 Å². The molecule has 3 nitrogen and oxygen atoms in total. The maximum atomic E-state index is 6.10. The number of thioether (sulfide) groups is 1. The quantitative estimate of drug-likeness (QED) is 0.495. The Bertz CT molecular complexity index is 578. The third-order valence-electron chi connectivity index (χ3n) is 2.62. The average molecular weight is 310 g/mol. The number of hydrogen-bond acceptors (Lipinski definition) is 4. The van der Waals surface area contributed by atoms with Crippen molar-refractivity contribution in [2.45, 2.75) is 4.90 Å². The molecule has 0 fully saturated rings. The Balaban J connectivity index is 1.86. The molecule has 2 aromatic rings. The summed E-state index contributed by atoms with van der Waals surface area (Å²) in [6, 6.07) is 13.1. The number of hydrogen-bond donors (Lipinski definition) is 1. The van der Waals surface area contributed by atoms with Crippen molar-refractivity contribution in [3.63, 3.8) is 0 Å². The van der Waals surface area contributed by atoms with Crippen molar-refractivity contribution in [2.24, 2.45) is 0 Å². The summed E-state index contributed by atoms with van der Waals surface area (Å²) < 4.78 is 10.9. The highest BCUT2D eigenvalue weighted by atomic mass is 35.5. The topological polar surface area (TPSA) is 44.5 Å². The molecule has 2 rings (SSSR count). The lowest BCUT2D eigenvalue weighted by molar-refractivity contribution is 0.313. The van der Waals surface area contributed by atoms with Crippen molar-refractivity contribution < 1.29 is 9.47 Å². The van der Waals surface area contributed by atoms with Crippen molar-refractivity contribution in [1.29, 1.82) is 0 Å². The van der Waals surface area contributed by atoms with E-state index in [1.165, 1.54) is 0 Å². The van der Waals surface area contributed by atoms with Gasteiger partial charge in [-0.1, -0.05) is 23.7 Å². The number of rotatable bonds is 6. The maximum Gasteiger partial charge on any atom is 0.161 e. The van der Waals surface area contributed by atoms with Gasteiger partial charge in [-0.25, -0.2) is 0 Å². The molecule has 0 radical (unpaired) electrons. The summed E-state index contributed by atoms with van der Waals surface area (Å²) in [7, 11) is 1.63. The summed E-state index contributed by atoms with van der Waals surface area (Å²) in [5.41, 5.74) is 6.45. The fourth-order valence-corrected chi connectivity index (χ4v) is 2.76. The van der Waals surface area contributed by atoms with Crippen LogP contribution in [0.15, 0.2) is 47.4 Å². The molecule has 0 saturated heterocycles. The van der Waals surface area contributed by atoms with E-state index in [1.54, 1.807) is 31.0 Å². The number of benzene rings is 2. The standard InChI is InChI=1S/C15H16ClNO2S/c1-18-13-4-2-3-5-14(13)19-8-9-20-15-10-11(17)6-7-12(15)16/h2-7,10H,8-9,17H2,1H3. The van der Waals surface area contributed by atoms with Crippen molar-refractivity contribution in [3.8, 4) is 11.5 Å². The molecule has 0 unspecified atom stereocenters. The van der Waals surface area contributed by atoms with Gasteiger partial charge in [0.1, 0.15) is 0 Å². The van der Waals surface area contributed by atoms with Gasteiger partial charge in [0.15, 0.2) is 11.5 Å². The lowest BCUT2D eigenvalue weighted by atomic mass is 10.3. The van der Waals surface area contributed by atoms with Gasteiger partial charge in [-0.2, -0.15) is 0 Å². The molecular formula is C15H16ClNO2S. The van der Waals surface area contributed by atoms with Crippen LogP contribution in [0.1, 0.15) is 0 Å². The molecule has 0 aromatic heterocycles. The molecule has 0 atom stereocenters. The summed E-state index contributed by atoms with van der Waals surface area (Å²) >= 11 is 7.72. The summed E-state index contributed by atoms with van der Waals surface area (Å²) in [6.45, 7) is 0.566. The van der Waals surface area contributed by atoms with Crippen LogP contribution in [0, 0.1) is 0 Å². The van der Waals surface area contributed by atoms with Crippen LogP contribution in [0.2, 0.25) is 5.02 Å². The number of nitrogens with two attached hydrogens (primary N) is 1. The largest absolute Gasteiger partial charge is 0.493 e. The summed E-state index contributed by atoms with van der Waals surface area (Å²) in [5, 5.41) is 0.710. The number of para-hydroxylation sites is 2. The Morgan fingerprint density at radius 3 is 2.65 bits per heavy atom. The Kier molecular flexibility index (Phi) is 5.44. The van der Waals surface area contributed by atoms with Gasteiger partial charge in [0.05, 0.1) is 18.7 Å². The Hall–Kier alpha value is -1.52. The highest BCUT2D eigenvalue weighted by Crippen LogP contribution is 2.30. The van der Waals surface area contributed by atoms with Crippen molar-refractivity contribution >= 4 is 29.1 Å². The van der Waals surface area contributed by atoms with E-state index in [1.807, 2.05) is 30.3 Å². The van der Waals surface area contributed by atoms with Gasteiger partial charge in [0, 0.05) is 16.3 Å². The number of nitrogen functional groups attached to an aromatic ring is 1. The molecule has 0 amide bonds. The molecule has 0 heterocycles. The van der Waals surface area contributed by atoms with E-state index in [0.29, 0.717) is 17.3 Å².